The molecule has 0 aliphatic rings. The highest BCUT2D eigenvalue weighted by molar-refractivity contribution is 7.92. The van der Waals surface area contributed by atoms with E-state index in [1.165, 1.54) is 13.8 Å². The molecule has 0 amide bonds. The van der Waals surface area contributed by atoms with Crippen molar-refractivity contribution in [3.63, 3.8) is 0 Å². The van der Waals surface area contributed by atoms with Gasteiger partial charge in [-0.25, -0.2) is 8.42 Å². The van der Waals surface area contributed by atoms with Gasteiger partial charge in [0.15, 0.2) is 15.6 Å². The molecule has 0 radical (unpaired) electrons. The van der Waals surface area contributed by atoms with Crippen molar-refractivity contribution >= 4 is 15.6 Å². The number of ketones is 1. The zero-order valence-corrected chi connectivity index (χ0v) is 7.73. The van der Waals surface area contributed by atoms with Crippen LogP contribution in [0.1, 0.15) is 13.8 Å². The maximum Gasteiger partial charge on any atom is 0.166 e. The third-order valence-corrected chi connectivity index (χ3v) is 3.87. The molecule has 0 aliphatic carbocycles. The predicted molar refractivity (Wildman–Crippen MR) is 43.0 cm³/mol. The van der Waals surface area contributed by atoms with E-state index in [1.807, 2.05) is 0 Å². The van der Waals surface area contributed by atoms with E-state index in [2.05, 4.69) is 0 Å². The van der Waals surface area contributed by atoms with Crippen molar-refractivity contribution in [1.29, 1.82) is 0 Å². The van der Waals surface area contributed by atoms with Gasteiger partial charge in [0.1, 0.15) is 4.75 Å². The molecule has 11 heavy (non-hydrogen) atoms. The van der Waals surface area contributed by atoms with Crippen LogP contribution in [0.4, 0.5) is 0 Å². The van der Waals surface area contributed by atoms with Crippen molar-refractivity contribution in [2.45, 2.75) is 18.6 Å². The monoisotopic (exact) mass is 179 g/mol. The van der Waals surface area contributed by atoms with E-state index in [-0.39, 0.29) is 6.54 Å². The lowest BCUT2D eigenvalue weighted by atomic mass is 10.1. The number of sulfone groups is 1. The van der Waals surface area contributed by atoms with Crippen molar-refractivity contribution < 1.29 is 13.2 Å². The molecule has 5 heteroatoms. The van der Waals surface area contributed by atoms with Gasteiger partial charge in [0.05, 0.1) is 6.54 Å². The van der Waals surface area contributed by atoms with Gasteiger partial charge in [-0.05, 0) is 13.8 Å². The van der Waals surface area contributed by atoms with Crippen LogP contribution in [0, 0.1) is 0 Å². The molecule has 4 nitrogen and oxygen atoms in total. The maximum atomic E-state index is 11.0. The summed E-state index contributed by atoms with van der Waals surface area (Å²) in [5.41, 5.74) is 5.04. The summed E-state index contributed by atoms with van der Waals surface area (Å²) in [6.45, 7) is 2.48. The topological polar surface area (TPSA) is 77.2 Å². The Hall–Kier alpha value is -0.420. The number of hydrogen-bond acceptors (Lipinski definition) is 4. The van der Waals surface area contributed by atoms with Crippen LogP contribution < -0.4 is 5.73 Å². The molecule has 0 rings (SSSR count). The van der Waals surface area contributed by atoms with Gasteiger partial charge in [0, 0.05) is 6.26 Å². The molecule has 0 spiro atoms. The summed E-state index contributed by atoms with van der Waals surface area (Å²) in [5, 5.41) is 0. The molecule has 0 fully saturated rings. The summed E-state index contributed by atoms with van der Waals surface area (Å²) < 4.78 is 20.6. The highest BCUT2D eigenvalue weighted by atomic mass is 32.2. The van der Waals surface area contributed by atoms with Gasteiger partial charge >= 0.3 is 0 Å². The van der Waals surface area contributed by atoms with Gasteiger partial charge in [-0.15, -0.1) is 0 Å². The van der Waals surface area contributed by atoms with Crippen LogP contribution in [0.2, 0.25) is 0 Å². The third kappa shape index (κ3) is 2.00. The number of rotatable bonds is 3. The molecule has 0 unspecified atom stereocenters. The SMILES string of the molecule is CC(C)(C(=O)CN)S(C)(=O)=O. The Morgan fingerprint density at radius 1 is 1.45 bits per heavy atom. The van der Waals surface area contributed by atoms with Crippen molar-refractivity contribution in [2.75, 3.05) is 12.8 Å². The van der Waals surface area contributed by atoms with Crippen molar-refractivity contribution in [3.05, 3.63) is 0 Å². The zero-order chi connectivity index (χ0) is 9.28. The second kappa shape index (κ2) is 2.91. The van der Waals surface area contributed by atoms with Crippen molar-refractivity contribution in [3.8, 4) is 0 Å². The Bertz CT molecular complexity index is 253. The van der Waals surface area contributed by atoms with Gasteiger partial charge in [-0.2, -0.15) is 0 Å². The third-order valence-electron chi connectivity index (χ3n) is 1.78. The molecule has 0 aliphatic heterocycles. The van der Waals surface area contributed by atoms with Gasteiger partial charge in [0.2, 0.25) is 0 Å². The molecule has 0 atom stereocenters. The Morgan fingerprint density at radius 2 is 1.82 bits per heavy atom. The van der Waals surface area contributed by atoms with E-state index in [9.17, 15) is 13.2 Å². The normalized spacial score (nSPS) is 13.1. The highest BCUT2D eigenvalue weighted by Crippen LogP contribution is 2.15. The molecule has 66 valence electrons. The lowest BCUT2D eigenvalue weighted by Gasteiger charge is -2.19. The summed E-state index contributed by atoms with van der Waals surface area (Å²) in [6.07, 6.45) is 1.03. The summed E-state index contributed by atoms with van der Waals surface area (Å²) in [5.74, 6) is -0.458. The van der Waals surface area contributed by atoms with E-state index >= 15 is 0 Å². The fourth-order valence-corrected chi connectivity index (χ4v) is 0.949. The highest BCUT2D eigenvalue weighted by Gasteiger charge is 2.36. The summed E-state index contributed by atoms with van der Waals surface area (Å²) >= 11 is 0. The van der Waals surface area contributed by atoms with E-state index in [4.69, 9.17) is 5.73 Å². The number of carbonyl (C=O) groups excluding carboxylic acids is 1. The average molecular weight is 179 g/mol. The molecule has 0 saturated carbocycles. The van der Waals surface area contributed by atoms with Crippen LogP contribution in [-0.4, -0.2) is 31.7 Å². The average Bonchev–Trinajstić information content (AvgIpc) is 1.83. The second-order valence-corrected chi connectivity index (χ2v) is 5.47. The Kier molecular flexibility index (Phi) is 2.79. The van der Waals surface area contributed by atoms with Crippen molar-refractivity contribution in [2.24, 2.45) is 5.73 Å². The summed E-state index contributed by atoms with van der Waals surface area (Å²) in [7, 11) is -3.34. The van der Waals surface area contributed by atoms with E-state index in [0.717, 1.165) is 6.26 Å². The van der Waals surface area contributed by atoms with Crippen LogP contribution >= 0.6 is 0 Å². The number of carbonyl (C=O) groups is 1. The fourth-order valence-electron chi connectivity index (χ4n) is 0.453. The minimum atomic E-state index is -3.34. The molecule has 0 heterocycles. The molecular weight excluding hydrogens is 166 g/mol. The van der Waals surface area contributed by atoms with Gasteiger partial charge in [-0.3, -0.25) is 4.79 Å². The first kappa shape index (κ1) is 10.6. The fraction of sp³-hybridized carbons (Fsp3) is 0.833. The first-order valence-electron chi connectivity index (χ1n) is 3.16. The first-order chi connectivity index (χ1) is 4.73. The predicted octanol–water partition coefficient (Wildman–Crippen LogP) is -0.663. The van der Waals surface area contributed by atoms with Crippen LogP contribution in [-0.2, 0) is 14.6 Å². The van der Waals surface area contributed by atoms with E-state index in [1.54, 1.807) is 0 Å². The number of hydrogen-bond donors (Lipinski definition) is 1. The zero-order valence-electron chi connectivity index (χ0n) is 6.92. The Morgan fingerprint density at radius 3 is 1.91 bits per heavy atom. The number of nitrogens with two attached hydrogens (primary N) is 1. The lowest BCUT2D eigenvalue weighted by molar-refractivity contribution is -0.119. The lowest BCUT2D eigenvalue weighted by Crippen LogP contribution is -2.43. The van der Waals surface area contributed by atoms with Gasteiger partial charge < -0.3 is 5.73 Å². The standard InChI is InChI=1S/C6H13NO3S/c1-6(2,5(8)4-7)11(3,9)10/h4,7H2,1-3H3. The minimum absolute atomic E-state index is 0.236. The molecular formula is C6H13NO3S. The minimum Gasteiger partial charge on any atom is -0.324 e. The van der Waals surface area contributed by atoms with Gasteiger partial charge in [-0.1, -0.05) is 0 Å². The molecule has 0 aromatic heterocycles. The Balaban J connectivity index is 4.90. The summed E-state index contributed by atoms with van der Waals surface area (Å²) in [4.78, 5) is 11.0. The Labute approximate surface area is 66.7 Å². The quantitative estimate of drug-likeness (QED) is 0.623. The van der Waals surface area contributed by atoms with E-state index in [0.29, 0.717) is 0 Å². The number of Topliss-reactive ketones (excluding diaryl/α,β-unsaturated/α-hetero) is 1. The molecule has 0 bridgehead atoms. The van der Waals surface area contributed by atoms with Crippen LogP contribution in [0.15, 0.2) is 0 Å². The first-order valence-corrected chi connectivity index (χ1v) is 5.05. The summed E-state index contributed by atoms with van der Waals surface area (Å²) in [6, 6.07) is 0. The van der Waals surface area contributed by atoms with Crippen LogP contribution in [0.3, 0.4) is 0 Å². The van der Waals surface area contributed by atoms with Crippen LogP contribution in [0.25, 0.3) is 0 Å². The van der Waals surface area contributed by atoms with Gasteiger partial charge in [0.25, 0.3) is 0 Å². The molecule has 0 aromatic carbocycles. The largest absolute Gasteiger partial charge is 0.324 e. The molecule has 0 saturated heterocycles. The second-order valence-electron chi connectivity index (χ2n) is 2.91. The van der Waals surface area contributed by atoms with Crippen LogP contribution in [0.5, 0.6) is 0 Å². The van der Waals surface area contributed by atoms with E-state index < -0.39 is 20.4 Å². The smallest absolute Gasteiger partial charge is 0.166 e. The molecule has 2 N–H and O–H groups in total. The van der Waals surface area contributed by atoms with Crippen molar-refractivity contribution in [1.82, 2.24) is 0 Å². The molecule has 0 aromatic rings. The maximum absolute atomic E-state index is 11.0.